The van der Waals surface area contributed by atoms with Crippen LogP contribution in [0.25, 0.3) is 5.69 Å². The first-order chi connectivity index (χ1) is 14.6. The molecule has 0 bridgehead atoms. The van der Waals surface area contributed by atoms with Gasteiger partial charge in [-0.1, -0.05) is 24.3 Å². The topological polar surface area (TPSA) is 50.6 Å². The molecule has 0 saturated carbocycles. The van der Waals surface area contributed by atoms with Gasteiger partial charge in [0.25, 0.3) is 5.91 Å². The molecular weight excluding hydrogens is 376 g/mol. The number of para-hydroxylation sites is 1. The Labute approximate surface area is 176 Å². The van der Waals surface area contributed by atoms with Crippen molar-refractivity contribution in [2.45, 2.75) is 24.9 Å². The first-order valence-corrected chi connectivity index (χ1v) is 10.4. The van der Waals surface area contributed by atoms with Crippen LogP contribution in [0.4, 0.5) is 0 Å². The number of fused-ring (bicyclic) bond motifs is 4. The third kappa shape index (κ3) is 2.91. The molecular formula is C24H26N4O2. The van der Waals surface area contributed by atoms with Crippen molar-refractivity contribution >= 4 is 5.91 Å². The molecule has 0 N–H and O–H groups in total. The lowest BCUT2D eigenvalue weighted by Crippen LogP contribution is -2.53. The van der Waals surface area contributed by atoms with E-state index in [1.807, 2.05) is 35.4 Å². The lowest BCUT2D eigenvalue weighted by atomic mass is 9.84. The molecule has 6 heteroatoms. The van der Waals surface area contributed by atoms with Crippen molar-refractivity contribution in [3.63, 3.8) is 0 Å². The zero-order valence-electron chi connectivity index (χ0n) is 17.4. The number of aromatic nitrogens is 2. The van der Waals surface area contributed by atoms with Gasteiger partial charge in [0.2, 0.25) is 0 Å². The van der Waals surface area contributed by atoms with Crippen LogP contribution in [0.5, 0.6) is 5.75 Å². The van der Waals surface area contributed by atoms with Gasteiger partial charge in [-0.3, -0.25) is 9.69 Å². The van der Waals surface area contributed by atoms with Crippen LogP contribution in [0.3, 0.4) is 0 Å². The summed E-state index contributed by atoms with van der Waals surface area (Å²) in [6.45, 7) is 2.26. The third-order valence-electron chi connectivity index (χ3n) is 6.64. The largest absolute Gasteiger partial charge is 0.497 e. The van der Waals surface area contributed by atoms with E-state index >= 15 is 0 Å². The van der Waals surface area contributed by atoms with E-state index in [0.717, 1.165) is 25.2 Å². The number of methoxy groups -OCH3 is 1. The van der Waals surface area contributed by atoms with E-state index in [0.29, 0.717) is 24.4 Å². The summed E-state index contributed by atoms with van der Waals surface area (Å²) in [4.78, 5) is 22.3. The van der Waals surface area contributed by atoms with Gasteiger partial charge in [0, 0.05) is 37.6 Å². The standard InChI is InChI=1S/C24H26N4O2/c1-26-17-19-6-3-4-9-21(19)28-15-12-25-23(28)24(26)10-13-27(14-11-24)22(29)18-7-5-8-20(16-18)30-2/h3-9,12,15-16H,10-11,13-14,17H2,1-2H3. The lowest BCUT2D eigenvalue weighted by Gasteiger charge is -2.46. The fraction of sp³-hybridized carbons (Fsp3) is 0.333. The Morgan fingerprint density at radius 1 is 1.10 bits per heavy atom. The zero-order valence-corrected chi connectivity index (χ0v) is 17.4. The van der Waals surface area contributed by atoms with Crippen LogP contribution < -0.4 is 4.74 Å². The van der Waals surface area contributed by atoms with Crippen molar-refractivity contribution in [3.05, 3.63) is 77.9 Å². The number of rotatable bonds is 2. The van der Waals surface area contributed by atoms with E-state index in [1.54, 1.807) is 7.11 Å². The lowest BCUT2D eigenvalue weighted by molar-refractivity contribution is 0.0230. The minimum atomic E-state index is -0.187. The van der Waals surface area contributed by atoms with Gasteiger partial charge in [0.15, 0.2) is 0 Å². The second kappa shape index (κ2) is 7.29. The van der Waals surface area contributed by atoms with Crippen LogP contribution in [0.1, 0.15) is 34.6 Å². The number of hydrogen-bond donors (Lipinski definition) is 0. The number of amides is 1. The van der Waals surface area contributed by atoms with Gasteiger partial charge in [-0.2, -0.15) is 0 Å². The number of carbonyl (C=O) groups is 1. The Kier molecular flexibility index (Phi) is 4.59. The maximum atomic E-state index is 13.1. The van der Waals surface area contributed by atoms with Crippen molar-refractivity contribution < 1.29 is 9.53 Å². The fourth-order valence-corrected chi connectivity index (χ4v) is 4.92. The molecule has 1 fully saturated rings. The van der Waals surface area contributed by atoms with Crippen LogP contribution >= 0.6 is 0 Å². The van der Waals surface area contributed by atoms with Gasteiger partial charge >= 0.3 is 0 Å². The van der Waals surface area contributed by atoms with Gasteiger partial charge in [-0.05, 0) is 49.7 Å². The van der Waals surface area contributed by atoms with E-state index in [1.165, 1.54) is 11.3 Å². The van der Waals surface area contributed by atoms with Crippen molar-refractivity contribution in [1.29, 1.82) is 0 Å². The van der Waals surface area contributed by atoms with E-state index in [4.69, 9.17) is 9.72 Å². The van der Waals surface area contributed by atoms with Gasteiger partial charge in [0.05, 0.1) is 18.3 Å². The molecule has 0 aliphatic carbocycles. The molecule has 2 aliphatic rings. The summed E-state index contributed by atoms with van der Waals surface area (Å²) in [7, 11) is 3.80. The second-order valence-corrected chi connectivity index (χ2v) is 8.16. The Balaban J connectivity index is 1.43. The van der Waals surface area contributed by atoms with Gasteiger partial charge in [-0.15, -0.1) is 0 Å². The molecule has 1 aromatic heterocycles. The van der Waals surface area contributed by atoms with Crippen molar-refractivity contribution in [3.8, 4) is 11.4 Å². The van der Waals surface area contributed by atoms with Crippen LogP contribution in [-0.4, -0.2) is 52.5 Å². The highest BCUT2D eigenvalue weighted by atomic mass is 16.5. The highest BCUT2D eigenvalue weighted by molar-refractivity contribution is 5.94. The number of imidazole rings is 1. The summed E-state index contributed by atoms with van der Waals surface area (Å²) < 4.78 is 7.52. The number of benzene rings is 2. The first-order valence-electron chi connectivity index (χ1n) is 10.4. The smallest absolute Gasteiger partial charge is 0.253 e. The van der Waals surface area contributed by atoms with Crippen LogP contribution in [0.15, 0.2) is 60.9 Å². The molecule has 6 nitrogen and oxygen atoms in total. The monoisotopic (exact) mass is 402 g/mol. The first kappa shape index (κ1) is 18.9. The Bertz CT molecular complexity index is 1080. The molecule has 3 aromatic rings. The molecule has 0 atom stereocenters. The molecule has 154 valence electrons. The number of carbonyl (C=O) groups excluding carboxylic acids is 1. The van der Waals surface area contributed by atoms with E-state index in [-0.39, 0.29) is 11.4 Å². The molecule has 1 spiro atoms. The van der Waals surface area contributed by atoms with Gasteiger partial charge in [0.1, 0.15) is 11.6 Å². The minimum absolute atomic E-state index is 0.0617. The minimum Gasteiger partial charge on any atom is -0.497 e. The van der Waals surface area contributed by atoms with Crippen molar-refractivity contribution in [2.24, 2.45) is 0 Å². The molecule has 5 rings (SSSR count). The highest BCUT2D eigenvalue weighted by Crippen LogP contribution is 2.42. The SMILES string of the molecule is COc1cccc(C(=O)N2CCC3(CC2)c2nccn2-c2ccccc2CN3C)c1. The van der Waals surface area contributed by atoms with Crippen molar-refractivity contribution in [2.75, 3.05) is 27.2 Å². The normalized spacial score (nSPS) is 17.9. The van der Waals surface area contributed by atoms with Gasteiger partial charge in [-0.25, -0.2) is 4.98 Å². The van der Waals surface area contributed by atoms with E-state index in [9.17, 15) is 4.79 Å². The van der Waals surface area contributed by atoms with E-state index in [2.05, 4.69) is 47.0 Å². The van der Waals surface area contributed by atoms with Crippen LogP contribution in [0.2, 0.25) is 0 Å². The Hall–Kier alpha value is -3.12. The second-order valence-electron chi connectivity index (χ2n) is 8.16. The maximum absolute atomic E-state index is 13.1. The summed E-state index contributed by atoms with van der Waals surface area (Å²) in [6, 6.07) is 15.9. The van der Waals surface area contributed by atoms with Crippen molar-refractivity contribution in [1.82, 2.24) is 19.4 Å². The summed E-state index contributed by atoms with van der Waals surface area (Å²) >= 11 is 0. The summed E-state index contributed by atoms with van der Waals surface area (Å²) in [5.41, 5.74) is 2.98. The molecule has 1 amide bonds. The predicted molar refractivity (Wildman–Crippen MR) is 115 cm³/mol. The number of ether oxygens (including phenoxy) is 1. The predicted octanol–water partition coefficient (Wildman–Crippen LogP) is 3.46. The summed E-state index contributed by atoms with van der Waals surface area (Å²) in [6.07, 6.45) is 5.65. The molecule has 2 aliphatic heterocycles. The zero-order chi connectivity index (χ0) is 20.7. The molecule has 0 radical (unpaired) electrons. The Morgan fingerprint density at radius 3 is 2.70 bits per heavy atom. The summed E-state index contributed by atoms with van der Waals surface area (Å²) in [5.74, 6) is 1.84. The number of piperidine rings is 1. The number of likely N-dealkylation sites (tertiary alicyclic amines) is 1. The quantitative estimate of drug-likeness (QED) is 0.659. The molecule has 30 heavy (non-hydrogen) atoms. The number of nitrogens with zero attached hydrogens (tertiary/aromatic N) is 4. The third-order valence-corrected chi connectivity index (χ3v) is 6.64. The van der Waals surface area contributed by atoms with E-state index < -0.39 is 0 Å². The Morgan fingerprint density at radius 2 is 1.90 bits per heavy atom. The summed E-state index contributed by atoms with van der Waals surface area (Å²) in [5, 5.41) is 0. The number of hydrogen-bond acceptors (Lipinski definition) is 4. The average Bonchev–Trinajstić information content (AvgIpc) is 3.26. The molecule has 1 saturated heterocycles. The molecule has 2 aromatic carbocycles. The average molecular weight is 402 g/mol. The maximum Gasteiger partial charge on any atom is 0.253 e. The van der Waals surface area contributed by atoms with Crippen LogP contribution in [0, 0.1) is 0 Å². The van der Waals surface area contributed by atoms with Crippen LogP contribution in [-0.2, 0) is 12.1 Å². The molecule has 3 heterocycles. The fourth-order valence-electron chi connectivity index (χ4n) is 4.92. The van der Waals surface area contributed by atoms with Gasteiger partial charge < -0.3 is 14.2 Å². The highest BCUT2D eigenvalue weighted by Gasteiger charge is 2.45. The molecule has 0 unspecified atom stereocenters.